The van der Waals surface area contributed by atoms with Crippen molar-refractivity contribution < 1.29 is 9.59 Å². The van der Waals surface area contributed by atoms with Crippen LogP contribution in [0.2, 0.25) is 0 Å². The molecule has 2 heterocycles. The highest BCUT2D eigenvalue weighted by molar-refractivity contribution is 7.21. The van der Waals surface area contributed by atoms with Crippen LogP contribution in [0.25, 0.3) is 10.2 Å². The Labute approximate surface area is 126 Å². The van der Waals surface area contributed by atoms with Crippen molar-refractivity contribution >= 4 is 39.1 Å². The highest BCUT2D eigenvalue weighted by Gasteiger charge is 2.18. The van der Waals surface area contributed by atoms with Gasteiger partial charge in [-0.1, -0.05) is 0 Å². The standard InChI is InChI=1S/C14H18N4O2S/c1-7-6-8(2)18-14-10(7)11(15)12(21-14)13(20)17-5-4-16-9(3)19/h6H,4-5,15H2,1-3H3,(H,16,19)(H,17,20). The fourth-order valence-corrected chi connectivity index (χ4v) is 3.27. The Kier molecular flexibility index (Phi) is 4.42. The quantitative estimate of drug-likeness (QED) is 0.743. The minimum absolute atomic E-state index is 0.124. The number of aromatic nitrogens is 1. The second-order valence-corrected chi connectivity index (χ2v) is 5.84. The van der Waals surface area contributed by atoms with E-state index in [2.05, 4.69) is 15.6 Å². The van der Waals surface area contributed by atoms with Gasteiger partial charge in [0.05, 0.1) is 5.69 Å². The summed E-state index contributed by atoms with van der Waals surface area (Å²) in [5, 5.41) is 6.20. The molecule has 0 saturated heterocycles. The van der Waals surface area contributed by atoms with Crippen LogP contribution in [0.3, 0.4) is 0 Å². The molecule has 2 amide bonds. The highest BCUT2D eigenvalue weighted by Crippen LogP contribution is 2.34. The maximum absolute atomic E-state index is 12.2. The molecule has 0 saturated carbocycles. The summed E-state index contributed by atoms with van der Waals surface area (Å²) in [5.74, 6) is -0.362. The lowest BCUT2D eigenvalue weighted by molar-refractivity contribution is -0.118. The number of nitrogens with zero attached hydrogens (tertiary/aromatic N) is 1. The van der Waals surface area contributed by atoms with E-state index in [4.69, 9.17) is 5.73 Å². The van der Waals surface area contributed by atoms with E-state index in [1.807, 2.05) is 19.9 Å². The molecule has 112 valence electrons. The lowest BCUT2D eigenvalue weighted by Gasteiger charge is -2.05. The van der Waals surface area contributed by atoms with Gasteiger partial charge in [-0.15, -0.1) is 11.3 Å². The number of carbonyl (C=O) groups is 2. The van der Waals surface area contributed by atoms with E-state index in [1.54, 1.807) is 0 Å². The van der Waals surface area contributed by atoms with Gasteiger partial charge in [0.2, 0.25) is 5.91 Å². The van der Waals surface area contributed by atoms with E-state index < -0.39 is 0 Å². The third kappa shape index (κ3) is 3.30. The number of hydrogen-bond acceptors (Lipinski definition) is 5. The average Bonchev–Trinajstić information content (AvgIpc) is 2.71. The van der Waals surface area contributed by atoms with Gasteiger partial charge in [0.1, 0.15) is 9.71 Å². The Balaban J connectivity index is 2.18. The van der Waals surface area contributed by atoms with Crippen LogP contribution in [0.4, 0.5) is 5.69 Å². The Bertz CT molecular complexity index is 709. The molecule has 0 fully saturated rings. The van der Waals surface area contributed by atoms with Crippen molar-refractivity contribution in [3.8, 4) is 0 Å². The zero-order chi connectivity index (χ0) is 15.6. The molecule has 21 heavy (non-hydrogen) atoms. The maximum Gasteiger partial charge on any atom is 0.263 e. The number of amides is 2. The summed E-state index contributed by atoms with van der Waals surface area (Å²) in [7, 11) is 0. The van der Waals surface area contributed by atoms with Gasteiger partial charge in [0.15, 0.2) is 0 Å². The largest absolute Gasteiger partial charge is 0.397 e. The second kappa shape index (κ2) is 6.09. The smallest absolute Gasteiger partial charge is 0.263 e. The molecule has 0 unspecified atom stereocenters. The van der Waals surface area contributed by atoms with Crippen molar-refractivity contribution in [3.05, 3.63) is 22.2 Å². The first kappa shape index (κ1) is 15.2. The topological polar surface area (TPSA) is 97.1 Å². The molecular formula is C14H18N4O2S. The summed E-state index contributed by atoms with van der Waals surface area (Å²) in [6.07, 6.45) is 0. The van der Waals surface area contributed by atoms with Crippen LogP contribution in [-0.2, 0) is 4.79 Å². The molecule has 6 nitrogen and oxygen atoms in total. The Morgan fingerprint density at radius 2 is 1.95 bits per heavy atom. The maximum atomic E-state index is 12.2. The van der Waals surface area contributed by atoms with Crippen molar-refractivity contribution in [1.29, 1.82) is 0 Å². The minimum Gasteiger partial charge on any atom is -0.397 e. The van der Waals surface area contributed by atoms with Crippen molar-refractivity contribution in [2.75, 3.05) is 18.8 Å². The molecule has 0 radical (unpaired) electrons. The zero-order valence-corrected chi connectivity index (χ0v) is 13.1. The first-order chi connectivity index (χ1) is 9.90. The van der Waals surface area contributed by atoms with E-state index in [0.717, 1.165) is 21.5 Å². The summed E-state index contributed by atoms with van der Waals surface area (Å²) in [4.78, 5) is 28.6. The molecule has 0 aliphatic carbocycles. The number of aryl methyl sites for hydroxylation is 2. The van der Waals surface area contributed by atoms with E-state index >= 15 is 0 Å². The predicted octanol–water partition coefficient (Wildman–Crippen LogP) is 1.36. The molecule has 4 N–H and O–H groups in total. The van der Waals surface area contributed by atoms with Crippen LogP contribution in [0.5, 0.6) is 0 Å². The molecule has 0 aliphatic heterocycles. The molecule has 0 atom stereocenters. The Hall–Kier alpha value is -2.15. The van der Waals surface area contributed by atoms with Crippen molar-refractivity contribution in [2.24, 2.45) is 0 Å². The van der Waals surface area contributed by atoms with Crippen LogP contribution in [0, 0.1) is 13.8 Å². The Morgan fingerprint density at radius 3 is 2.62 bits per heavy atom. The van der Waals surface area contributed by atoms with Crippen LogP contribution in [0.1, 0.15) is 27.9 Å². The Morgan fingerprint density at radius 1 is 1.29 bits per heavy atom. The number of pyridine rings is 1. The van der Waals surface area contributed by atoms with Gasteiger partial charge in [-0.25, -0.2) is 4.98 Å². The van der Waals surface area contributed by atoms with Gasteiger partial charge in [0, 0.05) is 31.1 Å². The second-order valence-electron chi connectivity index (χ2n) is 4.84. The first-order valence-corrected chi connectivity index (χ1v) is 7.40. The monoisotopic (exact) mass is 306 g/mol. The summed E-state index contributed by atoms with van der Waals surface area (Å²) in [6, 6.07) is 1.95. The summed E-state index contributed by atoms with van der Waals surface area (Å²) >= 11 is 1.29. The number of nitrogen functional groups attached to an aromatic ring is 1. The van der Waals surface area contributed by atoms with Crippen molar-refractivity contribution in [2.45, 2.75) is 20.8 Å². The number of anilines is 1. The van der Waals surface area contributed by atoms with Crippen LogP contribution in [0.15, 0.2) is 6.07 Å². The average molecular weight is 306 g/mol. The third-order valence-corrected chi connectivity index (χ3v) is 4.11. The van der Waals surface area contributed by atoms with Gasteiger partial charge in [-0.05, 0) is 25.5 Å². The molecule has 0 aromatic carbocycles. The molecule has 2 rings (SSSR count). The zero-order valence-electron chi connectivity index (χ0n) is 12.2. The van der Waals surface area contributed by atoms with Crippen molar-refractivity contribution in [3.63, 3.8) is 0 Å². The van der Waals surface area contributed by atoms with Gasteiger partial charge in [0.25, 0.3) is 5.91 Å². The van der Waals surface area contributed by atoms with Gasteiger partial charge in [-0.3, -0.25) is 9.59 Å². The highest BCUT2D eigenvalue weighted by atomic mass is 32.1. The SMILES string of the molecule is CC(=O)NCCNC(=O)c1sc2nc(C)cc(C)c2c1N. The summed E-state index contributed by atoms with van der Waals surface area (Å²) < 4.78 is 0. The van der Waals surface area contributed by atoms with E-state index in [0.29, 0.717) is 23.7 Å². The number of nitrogens with one attached hydrogen (secondary N) is 2. The summed E-state index contributed by atoms with van der Waals surface area (Å²) in [6.45, 7) is 6.05. The third-order valence-electron chi connectivity index (χ3n) is 3.01. The lowest BCUT2D eigenvalue weighted by atomic mass is 10.1. The van der Waals surface area contributed by atoms with Crippen LogP contribution in [-0.4, -0.2) is 29.9 Å². The number of carbonyl (C=O) groups excluding carboxylic acids is 2. The van der Waals surface area contributed by atoms with Gasteiger partial charge in [-0.2, -0.15) is 0 Å². The van der Waals surface area contributed by atoms with E-state index in [-0.39, 0.29) is 11.8 Å². The lowest BCUT2D eigenvalue weighted by Crippen LogP contribution is -2.33. The van der Waals surface area contributed by atoms with Gasteiger partial charge < -0.3 is 16.4 Å². The number of nitrogens with two attached hydrogens (primary N) is 1. The van der Waals surface area contributed by atoms with Crippen LogP contribution < -0.4 is 16.4 Å². The molecule has 2 aromatic heterocycles. The molecule has 2 aromatic rings. The number of thiophene rings is 1. The number of hydrogen-bond donors (Lipinski definition) is 3. The molecule has 0 bridgehead atoms. The fourth-order valence-electron chi connectivity index (χ4n) is 2.13. The van der Waals surface area contributed by atoms with Crippen LogP contribution >= 0.6 is 11.3 Å². The van der Waals surface area contributed by atoms with E-state index in [9.17, 15) is 9.59 Å². The normalized spacial score (nSPS) is 10.6. The number of rotatable bonds is 4. The van der Waals surface area contributed by atoms with Crippen molar-refractivity contribution in [1.82, 2.24) is 15.6 Å². The molecular weight excluding hydrogens is 288 g/mol. The molecule has 7 heteroatoms. The molecule has 0 aliphatic rings. The van der Waals surface area contributed by atoms with E-state index in [1.165, 1.54) is 18.3 Å². The van der Waals surface area contributed by atoms with Gasteiger partial charge >= 0.3 is 0 Å². The minimum atomic E-state index is -0.238. The first-order valence-electron chi connectivity index (χ1n) is 6.59. The fraction of sp³-hybridized carbons (Fsp3) is 0.357. The number of fused-ring (bicyclic) bond motifs is 1. The predicted molar refractivity (Wildman–Crippen MR) is 84.5 cm³/mol. The summed E-state index contributed by atoms with van der Waals surface area (Å²) in [5.41, 5.74) is 8.47. The molecule has 0 spiro atoms.